The fourth-order valence-electron chi connectivity index (χ4n) is 8.08. The molecule has 8 aromatic carbocycles. The van der Waals surface area contributed by atoms with Gasteiger partial charge in [0.25, 0.3) is 0 Å². The summed E-state index contributed by atoms with van der Waals surface area (Å²) in [6.45, 7) is 0. The van der Waals surface area contributed by atoms with Crippen LogP contribution in [-0.4, -0.2) is 15.0 Å². The molecule has 0 saturated carbocycles. The van der Waals surface area contributed by atoms with Crippen molar-refractivity contribution in [3.05, 3.63) is 188 Å². The Labute approximate surface area is 321 Å². The topological polar surface area (TPSA) is 38.7 Å². The van der Waals surface area contributed by atoms with E-state index in [-0.39, 0.29) is 0 Å². The fraction of sp³-hybridized carbons (Fsp3) is 0. The lowest BCUT2D eigenvalue weighted by molar-refractivity contribution is 1.18. The Bertz CT molecular complexity index is 3270. The number of benzene rings is 8. The highest BCUT2D eigenvalue weighted by Gasteiger charge is 2.17. The Kier molecular flexibility index (Phi) is 7.35. The number of aromatic nitrogens is 3. The number of pyridine rings is 1. The summed E-state index contributed by atoms with van der Waals surface area (Å²) in [6.07, 6.45) is 1.86. The number of hydrogen-bond donors (Lipinski definition) is 0. The van der Waals surface area contributed by atoms with E-state index >= 15 is 0 Å². The van der Waals surface area contributed by atoms with Crippen molar-refractivity contribution in [3.63, 3.8) is 0 Å². The molecule has 0 radical (unpaired) electrons. The van der Waals surface area contributed by atoms with Crippen LogP contribution in [0.15, 0.2) is 188 Å². The molecular formula is C51H31N3S. The lowest BCUT2D eigenvalue weighted by atomic mass is 9.89. The molecule has 0 unspecified atom stereocenters. The second-order valence-electron chi connectivity index (χ2n) is 14.0. The smallest absolute Gasteiger partial charge is 0.160 e. The van der Waals surface area contributed by atoms with E-state index in [1.165, 1.54) is 47.3 Å². The van der Waals surface area contributed by atoms with Crippen molar-refractivity contribution < 1.29 is 0 Å². The van der Waals surface area contributed by atoms with Crippen LogP contribution in [0.2, 0.25) is 0 Å². The Morgan fingerprint density at radius 1 is 0.345 bits per heavy atom. The molecule has 0 aliphatic heterocycles. The number of nitrogens with zero attached hydrogens (tertiary/aromatic N) is 3. The van der Waals surface area contributed by atoms with Crippen LogP contribution in [0.1, 0.15) is 0 Å². The van der Waals surface area contributed by atoms with Crippen LogP contribution in [0, 0.1) is 0 Å². The summed E-state index contributed by atoms with van der Waals surface area (Å²) in [4.78, 5) is 15.3. The number of rotatable bonds is 5. The third-order valence-electron chi connectivity index (χ3n) is 10.7. The molecule has 3 heterocycles. The average Bonchev–Trinajstić information content (AvgIpc) is 3.64. The SMILES string of the molecule is c1ccc(-c2nc(-c3cc(-c4cccc5ncccc45)cc(-c4cc5ccccc5c5ccccc45)c3)cc(-c3ccc4sc5ccccc5c4c3)n2)cc1. The van der Waals surface area contributed by atoms with E-state index < -0.39 is 0 Å². The van der Waals surface area contributed by atoms with Crippen LogP contribution < -0.4 is 0 Å². The van der Waals surface area contributed by atoms with Crippen molar-refractivity contribution in [1.29, 1.82) is 0 Å². The number of fused-ring (bicyclic) bond motifs is 7. The highest BCUT2D eigenvalue weighted by atomic mass is 32.1. The van der Waals surface area contributed by atoms with Gasteiger partial charge in [-0.3, -0.25) is 4.98 Å². The van der Waals surface area contributed by atoms with Gasteiger partial charge in [0, 0.05) is 48.4 Å². The molecule has 0 amide bonds. The third-order valence-corrected chi connectivity index (χ3v) is 11.8. The summed E-state index contributed by atoms with van der Waals surface area (Å²) < 4.78 is 2.56. The largest absolute Gasteiger partial charge is 0.256 e. The molecule has 3 nitrogen and oxygen atoms in total. The lowest BCUT2D eigenvalue weighted by Gasteiger charge is -2.16. The van der Waals surface area contributed by atoms with Crippen LogP contribution in [0.4, 0.5) is 0 Å². The Balaban J connectivity index is 1.19. The molecule has 0 spiro atoms. The van der Waals surface area contributed by atoms with Gasteiger partial charge in [-0.1, -0.05) is 121 Å². The summed E-state index contributed by atoms with van der Waals surface area (Å²) >= 11 is 1.83. The average molecular weight is 718 g/mol. The molecule has 4 heteroatoms. The van der Waals surface area contributed by atoms with E-state index in [2.05, 4.69) is 158 Å². The zero-order valence-electron chi connectivity index (χ0n) is 29.6. The Hall–Kier alpha value is -7.01. The zero-order valence-corrected chi connectivity index (χ0v) is 30.5. The minimum atomic E-state index is 0.695. The van der Waals surface area contributed by atoms with Gasteiger partial charge in [-0.25, -0.2) is 9.97 Å². The van der Waals surface area contributed by atoms with E-state index in [1.807, 2.05) is 41.8 Å². The van der Waals surface area contributed by atoms with Gasteiger partial charge < -0.3 is 0 Å². The summed E-state index contributed by atoms with van der Waals surface area (Å²) in [6, 6.07) is 65.1. The van der Waals surface area contributed by atoms with Crippen molar-refractivity contribution >= 4 is 64.0 Å². The van der Waals surface area contributed by atoms with Gasteiger partial charge in [-0.05, 0) is 104 Å². The van der Waals surface area contributed by atoms with Gasteiger partial charge in [0.1, 0.15) is 0 Å². The van der Waals surface area contributed by atoms with Gasteiger partial charge >= 0.3 is 0 Å². The van der Waals surface area contributed by atoms with Gasteiger partial charge in [0.05, 0.1) is 16.9 Å². The third kappa shape index (κ3) is 5.46. The van der Waals surface area contributed by atoms with Gasteiger partial charge in [0.2, 0.25) is 0 Å². The quantitative estimate of drug-likeness (QED) is 0.166. The molecule has 11 rings (SSSR count). The van der Waals surface area contributed by atoms with Crippen LogP contribution in [0.5, 0.6) is 0 Å². The molecule has 0 bridgehead atoms. The van der Waals surface area contributed by atoms with Gasteiger partial charge in [-0.2, -0.15) is 0 Å². The molecule has 0 aliphatic carbocycles. The minimum Gasteiger partial charge on any atom is -0.256 e. The predicted octanol–water partition coefficient (Wildman–Crippen LogP) is 14.0. The first-order chi connectivity index (χ1) is 27.2. The fourth-order valence-corrected chi connectivity index (χ4v) is 9.17. The van der Waals surface area contributed by atoms with Crippen molar-refractivity contribution in [1.82, 2.24) is 15.0 Å². The molecule has 55 heavy (non-hydrogen) atoms. The Morgan fingerprint density at radius 3 is 1.89 bits per heavy atom. The van der Waals surface area contributed by atoms with Crippen molar-refractivity contribution in [2.75, 3.05) is 0 Å². The van der Waals surface area contributed by atoms with E-state index in [0.717, 1.165) is 55.7 Å². The van der Waals surface area contributed by atoms with Crippen molar-refractivity contribution in [3.8, 4) is 56.2 Å². The van der Waals surface area contributed by atoms with Crippen LogP contribution in [0.3, 0.4) is 0 Å². The van der Waals surface area contributed by atoms with Crippen LogP contribution in [0.25, 0.3) is 109 Å². The summed E-state index contributed by atoms with van der Waals surface area (Å²) in [7, 11) is 0. The molecule has 0 atom stereocenters. The van der Waals surface area contributed by atoms with Crippen molar-refractivity contribution in [2.45, 2.75) is 0 Å². The summed E-state index contributed by atoms with van der Waals surface area (Å²) in [5.41, 5.74) is 10.3. The van der Waals surface area contributed by atoms with Gasteiger partial charge in [-0.15, -0.1) is 11.3 Å². The molecule has 256 valence electrons. The van der Waals surface area contributed by atoms with E-state index in [4.69, 9.17) is 15.0 Å². The molecule has 3 aromatic heterocycles. The first-order valence-corrected chi connectivity index (χ1v) is 19.3. The molecule has 0 saturated heterocycles. The standard InChI is InChI=1S/C51H31N3S/c1-2-12-32(13-3-1)51-53-47(34-23-24-50-45(30-34)43-18-8-9-22-49(43)55-50)31-48(54-51)37-27-35(39-19-10-21-46-42(39)20-11-25-52-46)26-36(28-37)44-29-33-14-4-5-15-38(33)40-16-6-7-17-41(40)44/h1-31H. The first kappa shape index (κ1) is 31.5. The Morgan fingerprint density at radius 2 is 1.02 bits per heavy atom. The summed E-state index contributed by atoms with van der Waals surface area (Å²) in [5.74, 6) is 0.695. The maximum Gasteiger partial charge on any atom is 0.160 e. The highest BCUT2D eigenvalue weighted by molar-refractivity contribution is 7.25. The molecule has 11 aromatic rings. The molecule has 0 N–H and O–H groups in total. The van der Waals surface area contributed by atoms with E-state index in [9.17, 15) is 0 Å². The minimum absolute atomic E-state index is 0.695. The first-order valence-electron chi connectivity index (χ1n) is 18.5. The highest BCUT2D eigenvalue weighted by Crippen LogP contribution is 2.41. The number of thiophene rings is 1. The predicted molar refractivity (Wildman–Crippen MR) is 232 cm³/mol. The molecule has 0 aliphatic rings. The lowest BCUT2D eigenvalue weighted by Crippen LogP contribution is -1.97. The van der Waals surface area contributed by atoms with E-state index in [1.54, 1.807) is 0 Å². The maximum atomic E-state index is 5.32. The van der Waals surface area contributed by atoms with Crippen molar-refractivity contribution in [2.24, 2.45) is 0 Å². The second kappa shape index (κ2) is 12.8. The van der Waals surface area contributed by atoms with Gasteiger partial charge in [0.15, 0.2) is 5.82 Å². The summed E-state index contributed by atoms with van der Waals surface area (Å²) in [5, 5.41) is 8.55. The monoisotopic (exact) mass is 717 g/mol. The molecule has 0 fully saturated rings. The maximum absolute atomic E-state index is 5.32. The zero-order chi connectivity index (χ0) is 36.3. The normalized spacial score (nSPS) is 11.6. The number of hydrogen-bond acceptors (Lipinski definition) is 4. The second-order valence-corrected chi connectivity index (χ2v) is 15.1. The van der Waals surface area contributed by atoms with Crippen LogP contribution >= 0.6 is 11.3 Å². The van der Waals surface area contributed by atoms with Crippen LogP contribution in [-0.2, 0) is 0 Å². The molecular weight excluding hydrogens is 687 g/mol. The van der Waals surface area contributed by atoms with E-state index in [0.29, 0.717) is 5.82 Å².